The van der Waals surface area contributed by atoms with E-state index >= 15 is 0 Å². The van der Waals surface area contributed by atoms with Gasteiger partial charge in [-0.15, -0.1) is 10.2 Å². The molecule has 1 aliphatic rings. The Labute approximate surface area is 156 Å². The molecule has 2 atom stereocenters. The van der Waals surface area contributed by atoms with Crippen molar-refractivity contribution in [2.75, 3.05) is 5.75 Å². The number of hydrogen-bond acceptors (Lipinski definition) is 7. The summed E-state index contributed by atoms with van der Waals surface area (Å²) >= 11 is 1.23. The number of hydrogen-bond donors (Lipinski definition) is 0. The van der Waals surface area contributed by atoms with E-state index in [1.54, 1.807) is 6.92 Å². The molecular weight excluding hydrogens is 354 g/mol. The number of nitrogens with zero attached hydrogens (tertiary/aromatic N) is 3. The Kier molecular flexibility index (Phi) is 5.31. The summed E-state index contributed by atoms with van der Waals surface area (Å²) in [6, 6.07) is 6.15. The number of aryl methyl sites for hydroxylation is 3. The maximum atomic E-state index is 12.1. The summed E-state index contributed by atoms with van der Waals surface area (Å²) in [5, 5.41) is 8.91. The summed E-state index contributed by atoms with van der Waals surface area (Å²) in [4.78, 5) is 23.7. The van der Waals surface area contributed by atoms with Crippen LogP contribution in [0.25, 0.3) is 5.69 Å². The van der Waals surface area contributed by atoms with Crippen molar-refractivity contribution in [1.29, 1.82) is 0 Å². The second kappa shape index (κ2) is 7.49. The molecule has 0 N–H and O–H groups in total. The summed E-state index contributed by atoms with van der Waals surface area (Å²) in [6.45, 7) is 7.68. The highest BCUT2D eigenvalue weighted by Crippen LogP contribution is 2.25. The minimum absolute atomic E-state index is 0.0428. The molecule has 8 heteroatoms. The molecule has 0 saturated carbocycles. The number of thioether (sulfide) groups is 1. The molecule has 26 heavy (non-hydrogen) atoms. The normalized spacial score (nSPS) is 19.5. The van der Waals surface area contributed by atoms with Crippen molar-refractivity contribution >= 4 is 23.7 Å². The minimum Gasteiger partial charge on any atom is -0.460 e. The number of carbonyl (C=O) groups excluding carboxylic acids is 2. The van der Waals surface area contributed by atoms with Gasteiger partial charge in [0.05, 0.1) is 11.4 Å². The molecule has 1 aliphatic heterocycles. The Morgan fingerprint density at radius 1 is 1.35 bits per heavy atom. The average Bonchev–Trinajstić information content (AvgIpc) is 3.09. The Balaban J connectivity index is 1.70. The highest BCUT2D eigenvalue weighted by molar-refractivity contribution is 7.99. The smallest absolute Gasteiger partial charge is 0.347 e. The van der Waals surface area contributed by atoms with Gasteiger partial charge >= 0.3 is 11.9 Å². The highest BCUT2D eigenvalue weighted by Gasteiger charge is 2.35. The lowest BCUT2D eigenvalue weighted by Gasteiger charge is -2.12. The number of ether oxygens (including phenoxy) is 2. The maximum Gasteiger partial charge on any atom is 0.347 e. The quantitative estimate of drug-likeness (QED) is 0.586. The van der Waals surface area contributed by atoms with Crippen LogP contribution in [-0.2, 0) is 19.1 Å². The van der Waals surface area contributed by atoms with Gasteiger partial charge in [0, 0.05) is 6.42 Å². The molecule has 0 aliphatic carbocycles. The molecule has 1 fully saturated rings. The third-order valence-corrected chi connectivity index (χ3v) is 5.02. The van der Waals surface area contributed by atoms with E-state index in [9.17, 15) is 9.59 Å². The van der Waals surface area contributed by atoms with E-state index < -0.39 is 18.0 Å². The molecule has 3 rings (SSSR count). The minimum atomic E-state index is -0.809. The van der Waals surface area contributed by atoms with Gasteiger partial charge in [-0.1, -0.05) is 23.9 Å². The van der Waals surface area contributed by atoms with Crippen LogP contribution in [0, 0.1) is 20.8 Å². The van der Waals surface area contributed by atoms with Gasteiger partial charge in [0.2, 0.25) is 6.10 Å². The zero-order valence-electron chi connectivity index (χ0n) is 15.2. The van der Waals surface area contributed by atoms with Gasteiger partial charge in [0.1, 0.15) is 11.9 Å². The van der Waals surface area contributed by atoms with Crippen LogP contribution in [0.15, 0.2) is 23.4 Å². The second-order valence-corrected chi connectivity index (χ2v) is 7.35. The van der Waals surface area contributed by atoms with E-state index in [1.165, 1.54) is 11.8 Å². The van der Waals surface area contributed by atoms with Crippen molar-refractivity contribution in [3.63, 3.8) is 0 Å². The van der Waals surface area contributed by atoms with Gasteiger partial charge in [-0.05, 0) is 44.9 Å². The summed E-state index contributed by atoms with van der Waals surface area (Å²) in [5.41, 5.74) is 3.20. The van der Waals surface area contributed by atoms with Gasteiger partial charge in [-0.25, -0.2) is 4.79 Å². The highest BCUT2D eigenvalue weighted by atomic mass is 32.2. The largest absolute Gasteiger partial charge is 0.460 e. The lowest BCUT2D eigenvalue weighted by molar-refractivity contribution is -0.159. The van der Waals surface area contributed by atoms with Crippen molar-refractivity contribution < 1.29 is 19.1 Å². The van der Waals surface area contributed by atoms with Gasteiger partial charge in [0.25, 0.3) is 0 Å². The first-order valence-corrected chi connectivity index (χ1v) is 9.36. The molecule has 1 aromatic carbocycles. The summed E-state index contributed by atoms with van der Waals surface area (Å²) in [7, 11) is 0. The Morgan fingerprint density at radius 3 is 2.81 bits per heavy atom. The zero-order valence-corrected chi connectivity index (χ0v) is 16.0. The van der Waals surface area contributed by atoms with Crippen molar-refractivity contribution in [3.05, 3.63) is 35.2 Å². The van der Waals surface area contributed by atoms with E-state index in [0.29, 0.717) is 11.6 Å². The number of carbonyl (C=O) groups is 2. The molecule has 1 saturated heterocycles. The molecule has 2 aromatic rings. The second-order valence-electron chi connectivity index (χ2n) is 6.41. The molecule has 7 nitrogen and oxygen atoms in total. The van der Waals surface area contributed by atoms with E-state index in [4.69, 9.17) is 9.47 Å². The third-order valence-electron chi connectivity index (χ3n) is 4.12. The van der Waals surface area contributed by atoms with E-state index in [2.05, 4.69) is 16.3 Å². The van der Waals surface area contributed by atoms with Gasteiger partial charge in [-0.3, -0.25) is 9.36 Å². The van der Waals surface area contributed by atoms with Gasteiger partial charge < -0.3 is 9.47 Å². The van der Waals surface area contributed by atoms with Crippen LogP contribution >= 0.6 is 11.8 Å². The standard InChI is InChI=1S/C18H21N3O4S/c1-10-5-6-11(2)14(7-10)21-13(4)19-20-18(21)26-9-16(22)25-15-8-12(3)24-17(15)23/h5-7,12,15H,8-9H2,1-4H3. The predicted molar refractivity (Wildman–Crippen MR) is 96.3 cm³/mol. The fraction of sp³-hybridized carbons (Fsp3) is 0.444. The van der Waals surface area contributed by atoms with Gasteiger partial charge in [-0.2, -0.15) is 0 Å². The van der Waals surface area contributed by atoms with Crippen molar-refractivity contribution in [2.45, 2.75) is 51.5 Å². The summed E-state index contributed by atoms with van der Waals surface area (Å²) in [6.07, 6.45) is -0.632. The SMILES string of the molecule is Cc1ccc(C)c(-n2c(C)nnc2SCC(=O)OC2CC(C)OC2=O)c1. The van der Waals surface area contributed by atoms with E-state index in [0.717, 1.165) is 22.6 Å². The Hall–Kier alpha value is -2.35. The number of benzene rings is 1. The zero-order chi connectivity index (χ0) is 18.8. The molecule has 2 heterocycles. The lowest BCUT2D eigenvalue weighted by atomic mass is 10.1. The molecular formula is C18H21N3O4S. The van der Waals surface area contributed by atoms with Crippen LogP contribution in [0.1, 0.15) is 30.3 Å². The topological polar surface area (TPSA) is 83.3 Å². The predicted octanol–water partition coefficient (Wildman–Crippen LogP) is 2.53. The van der Waals surface area contributed by atoms with Crippen LogP contribution in [0.2, 0.25) is 0 Å². The molecule has 138 valence electrons. The first-order chi connectivity index (χ1) is 12.3. The van der Waals surface area contributed by atoms with Crippen molar-refractivity contribution in [3.8, 4) is 5.69 Å². The molecule has 0 amide bonds. The van der Waals surface area contributed by atoms with Crippen LogP contribution in [0.4, 0.5) is 0 Å². The van der Waals surface area contributed by atoms with Crippen molar-refractivity contribution in [1.82, 2.24) is 14.8 Å². The Bertz CT molecular complexity index is 849. The van der Waals surface area contributed by atoms with Crippen LogP contribution in [0.3, 0.4) is 0 Å². The van der Waals surface area contributed by atoms with Gasteiger partial charge in [0.15, 0.2) is 5.16 Å². The first-order valence-electron chi connectivity index (χ1n) is 8.37. The molecule has 0 radical (unpaired) electrons. The number of aromatic nitrogens is 3. The molecule has 2 unspecified atom stereocenters. The van der Waals surface area contributed by atoms with E-state index in [1.807, 2.05) is 37.5 Å². The van der Waals surface area contributed by atoms with Crippen molar-refractivity contribution in [2.24, 2.45) is 0 Å². The summed E-state index contributed by atoms with van der Waals surface area (Å²) < 4.78 is 12.1. The molecule has 1 aromatic heterocycles. The fourth-order valence-corrected chi connectivity index (χ4v) is 3.58. The number of rotatable bonds is 5. The lowest BCUT2D eigenvalue weighted by Crippen LogP contribution is -2.23. The van der Waals surface area contributed by atoms with E-state index in [-0.39, 0.29) is 11.9 Å². The third kappa shape index (κ3) is 3.90. The Morgan fingerprint density at radius 2 is 2.12 bits per heavy atom. The average molecular weight is 375 g/mol. The number of cyclic esters (lactones) is 1. The summed E-state index contributed by atoms with van der Waals surface area (Å²) in [5.74, 6) is -0.173. The maximum absolute atomic E-state index is 12.1. The van der Waals surface area contributed by atoms with Crippen LogP contribution in [0.5, 0.6) is 0 Å². The molecule has 0 spiro atoms. The first kappa shape index (κ1) is 18.4. The monoisotopic (exact) mass is 375 g/mol. The van der Waals surface area contributed by atoms with Crippen LogP contribution in [-0.4, -0.2) is 44.7 Å². The van der Waals surface area contributed by atoms with Crippen LogP contribution < -0.4 is 0 Å². The fourth-order valence-electron chi connectivity index (χ4n) is 2.81. The molecule has 0 bridgehead atoms. The number of esters is 2.